The standard InChI is InChI=1S/C27H29N7O/c1-18-23(17-33(32-18)22-12-27(13-22)6-9-29-10-7-27)20-11-25(26-21(14-28)15-31-34(26)16-20)35-19(2)24-5-3-4-8-30-24/h3-5,8,11,15-17,19,22,29H,6-7,9-10,12-13H2,1-2H3/t19-/m1/s1. The van der Waals surface area contributed by atoms with Crippen LogP contribution in [0.4, 0.5) is 0 Å². The first-order valence-corrected chi connectivity index (χ1v) is 12.3. The van der Waals surface area contributed by atoms with Crippen molar-refractivity contribution in [3.05, 3.63) is 66.0 Å². The summed E-state index contributed by atoms with van der Waals surface area (Å²) in [5.41, 5.74) is 5.47. The van der Waals surface area contributed by atoms with Gasteiger partial charge in [-0.3, -0.25) is 9.67 Å². The molecule has 1 spiro atoms. The van der Waals surface area contributed by atoms with Gasteiger partial charge in [0.2, 0.25) is 0 Å². The van der Waals surface area contributed by atoms with Crippen molar-refractivity contribution in [1.82, 2.24) is 29.7 Å². The quantitative estimate of drug-likeness (QED) is 0.460. The fourth-order valence-corrected chi connectivity index (χ4v) is 5.71. The van der Waals surface area contributed by atoms with Crippen molar-refractivity contribution >= 4 is 5.52 Å². The topological polar surface area (TPSA) is 93.1 Å². The zero-order valence-corrected chi connectivity index (χ0v) is 20.1. The van der Waals surface area contributed by atoms with Crippen molar-refractivity contribution < 1.29 is 4.74 Å². The average Bonchev–Trinajstić information content (AvgIpc) is 3.46. The number of aromatic nitrogens is 5. The summed E-state index contributed by atoms with van der Waals surface area (Å²) in [4.78, 5) is 4.42. The number of nitrogens with one attached hydrogen (secondary N) is 1. The van der Waals surface area contributed by atoms with Gasteiger partial charge in [-0.1, -0.05) is 6.07 Å². The molecule has 8 nitrogen and oxygen atoms in total. The minimum absolute atomic E-state index is 0.281. The van der Waals surface area contributed by atoms with E-state index in [1.165, 1.54) is 25.7 Å². The molecule has 0 unspecified atom stereocenters. The monoisotopic (exact) mass is 467 g/mol. The number of piperidine rings is 1. The SMILES string of the molecule is Cc1nn(C2CC3(CCNCC3)C2)cc1-c1cc(O[C@H](C)c2ccccn2)c2c(C#N)cnn2c1. The van der Waals surface area contributed by atoms with Gasteiger partial charge in [-0.15, -0.1) is 0 Å². The fraction of sp³-hybridized carbons (Fsp3) is 0.407. The Balaban J connectivity index is 1.33. The predicted molar refractivity (Wildman–Crippen MR) is 132 cm³/mol. The summed E-state index contributed by atoms with van der Waals surface area (Å²) in [6.45, 7) is 6.27. The Morgan fingerprint density at radius 1 is 1.23 bits per heavy atom. The molecule has 0 aromatic carbocycles. The third-order valence-corrected chi connectivity index (χ3v) is 7.71. The first-order valence-electron chi connectivity index (χ1n) is 12.3. The number of hydrogen-bond donors (Lipinski definition) is 1. The minimum atomic E-state index is -0.281. The van der Waals surface area contributed by atoms with E-state index in [1.807, 2.05) is 37.4 Å². The number of fused-ring (bicyclic) bond motifs is 1. The Bertz CT molecular complexity index is 1400. The largest absolute Gasteiger partial charge is 0.482 e. The lowest BCUT2D eigenvalue weighted by Crippen LogP contribution is -2.46. The van der Waals surface area contributed by atoms with E-state index in [9.17, 15) is 5.26 Å². The highest BCUT2D eigenvalue weighted by molar-refractivity contribution is 5.76. The number of nitriles is 1. The number of nitrogens with zero attached hydrogens (tertiary/aromatic N) is 6. The number of pyridine rings is 2. The van der Waals surface area contributed by atoms with Crippen LogP contribution in [-0.2, 0) is 0 Å². The van der Waals surface area contributed by atoms with Gasteiger partial charge in [0.15, 0.2) is 0 Å². The van der Waals surface area contributed by atoms with Gasteiger partial charge in [0, 0.05) is 29.7 Å². The predicted octanol–water partition coefficient (Wildman–Crippen LogP) is 4.62. The van der Waals surface area contributed by atoms with Crippen molar-refractivity contribution in [1.29, 1.82) is 5.26 Å². The first kappa shape index (κ1) is 21.8. The maximum absolute atomic E-state index is 9.65. The van der Waals surface area contributed by atoms with Gasteiger partial charge in [0.1, 0.15) is 29.0 Å². The molecule has 1 saturated carbocycles. The summed E-state index contributed by atoms with van der Waals surface area (Å²) in [5, 5.41) is 22.5. The fourth-order valence-electron chi connectivity index (χ4n) is 5.71. The lowest BCUT2D eigenvalue weighted by molar-refractivity contribution is 0.0229. The lowest BCUT2D eigenvalue weighted by Gasteiger charge is -2.50. The van der Waals surface area contributed by atoms with Crippen LogP contribution in [0, 0.1) is 23.7 Å². The summed E-state index contributed by atoms with van der Waals surface area (Å²) in [6, 6.07) is 10.5. The Morgan fingerprint density at radius 2 is 2.06 bits per heavy atom. The summed E-state index contributed by atoms with van der Waals surface area (Å²) in [5.74, 6) is 0.610. The molecular weight excluding hydrogens is 438 g/mol. The van der Waals surface area contributed by atoms with Crippen LogP contribution in [0.5, 0.6) is 5.75 Å². The van der Waals surface area contributed by atoms with Crippen LogP contribution in [0.25, 0.3) is 16.6 Å². The molecule has 6 rings (SSSR count). The van der Waals surface area contributed by atoms with Gasteiger partial charge in [-0.05, 0) is 76.2 Å². The van der Waals surface area contributed by atoms with E-state index in [0.717, 1.165) is 35.6 Å². The van der Waals surface area contributed by atoms with Crippen molar-refractivity contribution in [2.24, 2.45) is 5.41 Å². The third kappa shape index (κ3) is 3.86. The Kier molecular flexibility index (Phi) is 5.30. The molecule has 0 amide bonds. The van der Waals surface area contributed by atoms with E-state index in [4.69, 9.17) is 9.84 Å². The van der Waals surface area contributed by atoms with Gasteiger partial charge >= 0.3 is 0 Å². The molecule has 2 fully saturated rings. The maximum Gasteiger partial charge on any atom is 0.148 e. The summed E-state index contributed by atoms with van der Waals surface area (Å²) >= 11 is 0. The molecule has 5 heterocycles. The molecule has 1 saturated heterocycles. The molecule has 4 aromatic heterocycles. The number of ether oxygens (including phenoxy) is 1. The maximum atomic E-state index is 9.65. The molecule has 178 valence electrons. The van der Waals surface area contributed by atoms with E-state index in [1.54, 1.807) is 16.9 Å². The normalized spacial score (nSPS) is 18.3. The second kappa shape index (κ2) is 8.51. The van der Waals surface area contributed by atoms with E-state index in [-0.39, 0.29) is 6.10 Å². The van der Waals surface area contributed by atoms with Crippen LogP contribution in [0.15, 0.2) is 49.1 Å². The van der Waals surface area contributed by atoms with Gasteiger partial charge < -0.3 is 10.1 Å². The Labute approximate surface area is 204 Å². The third-order valence-electron chi connectivity index (χ3n) is 7.71. The number of rotatable bonds is 5. The zero-order chi connectivity index (χ0) is 24.0. The second-order valence-corrected chi connectivity index (χ2v) is 9.99. The molecule has 8 heteroatoms. The van der Waals surface area contributed by atoms with Gasteiger partial charge in [0.25, 0.3) is 0 Å². The summed E-state index contributed by atoms with van der Waals surface area (Å²) in [6.07, 6.45) is 12.1. The molecule has 1 N–H and O–H groups in total. The number of aryl methyl sites for hydroxylation is 1. The van der Waals surface area contributed by atoms with Crippen LogP contribution < -0.4 is 10.1 Å². The molecule has 1 aliphatic carbocycles. The van der Waals surface area contributed by atoms with Gasteiger partial charge in [0.05, 0.1) is 23.6 Å². The molecule has 0 radical (unpaired) electrons. The van der Waals surface area contributed by atoms with Crippen LogP contribution >= 0.6 is 0 Å². The Morgan fingerprint density at radius 3 is 2.80 bits per heavy atom. The summed E-state index contributed by atoms with van der Waals surface area (Å²) in [7, 11) is 0. The molecule has 1 aliphatic heterocycles. The molecule has 35 heavy (non-hydrogen) atoms. The van der Waals surface area contributed by atoms with Crippen LogP contribution in [0.2, 0.25) is 0 Å². The van der Waals surface area contributed by atoms with E-state index in [0.29, 0.717) is 28.3 Å². The van der Waals surface area contributed by atoms with E-state index < -0.39 is 0 Å². The average molecular weight is 468 g/mol. The van der Waals surface area contributed by atoms with Crippen molar-refractivity contribution in [3.63, 3.8) is 0 Å². The van der Waals surface area contributed by atoms with Crippen molar-refractivity contribution in [2.75, 3.05) is 13.1 Å². The molecule has 0 bridgehead atoms. The highest BCUT2D eigenvalue weighted by Gasteiger charge is 2.45. The smallest absolute Gasteiger partial charge is 0.148 e. The van der Waals surface area contributed by atoms with Gasteiger partial charge in [-0.25, -0.2) is 4.52 Å². The molecule has 1 atom stereocenters. The van der Waals surface area contributed by atoms with Crippen molar-refractivity contribution in [3.8, 4) is 22.9 Å². The summed E-state index contributed by atoms with van der Waals surface area (Å²) < 4.78 is 10.3. The van der Waals surface area contributed by atoms with Crippen molar-refractivity contribution in [2.45, 2.75) is 51.7 Å². The highest BCUT2D eigenvalue weighted by atomic mass is 16.5. The lowest BCUT2D eigenvalue weighted by atomic mass is 9.60. The molecule has 2 aliphatic rings. The molecular formula is C27H29N7O. The van der Waals surface area contributed by atoms with Crippen LogP contribution in [0.3, 0.4) is 0 Å². The van der Waals surface area contributed by atoms with E-state index >= 15 is 0 Å². The highest BCUT2D eigenvalue weighted by Crippen LogP contribution is 2.54. The number of hydrogen-bond acceptors (Lipinski definition) is 6. The zero-order valence-electron chi connectivity index (χ0n) is 20.1. The minimum Gasteiger partial charge on any atom is -0.482 e. The van der Waals surface area contributed by atoms with Gasteiger partial charge in [-0.2, -0.15) is 15.5 Å². The van der Waals surface area contributed by atoms with Crippen LogP contribution in [-0.4, -0.2) is 37.5 Å². The van der Waals surface area contributed by atoms with E-state index in [2.05, 4.69) is 39.3 Å². The second-order valence-electron chi connectivity index (χ2n) is 9.99. The molecule has 4 aromatic rings. The first-order chi connectivity index (χ1) is 17.0. The van der Waals surface area contributed by atoms with Crippen LogP contribution in [0.1, 0.15) is 61.7 Å². The Hall–Kier alpha value is -3.70.